The molecule has 3 N–H and O–H groups in total. The van der Waals surface area contributed by atoms with Gasteiger partial charge in [0.25, 0.3) is 5.56 Å². The van der Waals surface area contributed by atoms with Gasteiger partial charge in [-0.25, -0.2) is 14.2 Å². The van der Waals surface area contributed by atoms with Crippen molar-refractivity contribution in [2.45, 2.75) is 45.7 Å². The molecular weight excluding hydrogens is 437 g/mol. The molecule has 1 aromatic heterocycles. The zero-order valence-electron chi connectivity index (χ0n) is 20.3. The first-order chi connectivity index (χ1) is 16.2. The summed E-state index contributed by atoms with van der Waals surface area (Å²) in [5, 5.41) is 9.80. The van der Waals surface area contributed by atoms with Crippen LogP contribution in [0.1, 0.15) is 49.0 Å². The first kappa shape index (κ1) is 26.8. The molecule has 3 rings (SSSR count). The lowest BCUT2D eigenvalue weighted by atomic mass is 10.1. The van der Waals surface area contributed by atoms with Gasteiger partial charge in [-0.3, -0.25) is 13.9 Å². The quantitative estimate of drug-likeness (QED) is 0.278. The van der Waals surface area contributed by atoms with E-state index in [4.69, 9.17) is 5.73 Å². The highest BCUT2D eigenvalue weighted by atomic mass is 19.1. The Hall–Kier alpha value is -3.46. The van der Waals surface area contributed by atoms with Crippen molar-refractivity contribution in [1.29, 1.82) is 0 Å². The first-order valence-electron chi connectivity index (χ1n) is 11.1. The van der Waals surface area contributed by atoms with Gasteiger partial charge in [-0.2, -0.15) is 0 Å². The van der Waals surface area contributed by atoms with E-state index in [1.165, 1.54) is 15.2 Å². The Morgan fingerprint density at radius 3 is 2.47 bits per heavy atom. The predicted molar refractivity (Wildman–Crippen MR) is 135 cm³/mol. The minimum atomic E-state index is -0.515. The standard InChI is InChI=1S/C23H30FN5O3.C2H4/c1-14-6-9-18(17(24)12-14)26-21(27(3)4)19-20(15(2)13-30)28(11-5-10-25)23(32)29(22(19)31)16-7-8-16;1-2/h6,9,12-13,16,30H,5,7-8,10-11,25H2,1-4H3;1-2H2/b15-13+,26-21?;. The fourth-order valence-corrected chi connectivity index (χ4v) is 3.65. The molecule has 0 bridgehead atoms. The third-order valence-corrected chi connectivity index (χ3v) is 5.42. The van der Waals surface area contributed by atoms with E-state index in [9.17, 15) is 19.1 Å². The van der Waals surface area contributed by atoms with Gasteiger partial charge < -0.3 is 15.7 Å². The summed E-state index contributed by atoms with van der Waals surface area (Å²) in [5.74, 6) is -0.316. The van der Waals surface area contributed by atoms with Gasteiger partial charge in [0.15, 0.2) is 0 Å². The Kier molecular flexibility index (Phi) is 9.14. The molecule has 1 fully saturated rings. The number of allylic oxidation sites excluding steroid dienone is 1. The maximum Gasteiger partial charge on any atom is 0.331 e. The van der Waals surface area contributed by atoms with Crippen molar-refractivity contribution in [2.24, 2.45) is 10.7 Å². The number of amidine groups is 1. The molecule has 1 heterocycles. The average Bonchev–Trinajstić information content (AvgIpc) is 3.64. The normalized spacial score (nSPS) is 13.9. The Morgan fingerprint density at radius 2 is 1.97 bits per heavy atom. The third-order valence-electron chi connectivity index (χ3n) is 5.42. The van der Waals surface area contributed by atoms with Gasteiger partial charge in [-0.1, -0.05) is 6.07 Å². The number of nitrogens with two attached hydrogens (primary N) is 1. The topological polar surface area (TPSA) is 106 Å². The van der Waals surface area contributed by atoms with E-state index in [0.29, 0.717) is 18.5 Å². The number of aryl methyl sites for hydroxylation is 1. The lowest BCUT2D eigenvalue weighted by Crippen LogP contribution is -2.46. The third kappa shape index (κ3) is 5.53. The zero-order valence-corrected chi connectivity index (χ0v) is 20.3. The van der Waals surface area contributed by atoms with Gasteiger partial charge in [0.1, 0.15) is 22.9 Å². The number of hydrogen-bond donors (Lipinski definition) is 2. The summed E-state index contributed by atoms with van der Waals surface area (Å²) < 4.78 is 17.3. The van der Waals surface area contributed by atoms with Crippen LogP contribution in [0.5, 0.6) is 0 Å². The summed E-state index contributed by atoms with van der Waals surface area (Å²) in [6, 6.07) is 4.48. The molecule has 0 spiro atoms. The molecule has 0 atom stereocenters. The molecule has 1 saturated carbocycles. The number of halogens is 1. The fraction of sp³-hybridized carbons (Fsp3) is 0.400. The van der Waals surface area contributed by atoms with E-state index in [1.807, 2.05) is 0 Å². The lowest BCUT2D eigenvalue weighted by molar-refractivity contribution is 0.473. The maximum atomic E-state index is 14.6. The number of nitrogens with zero attached hydrogens (tertiary/aromatic N) is 4. The number of hydrogen-bond acceptors (Lipinski definition) is 5. The minimum Gasteiger partial charge on any atom is -0.515 e. The van der Waals surface area contributed by atoms with E-state index >= 15 is 0 Å². The van der Waals surface area contributed by atoms with Crippen LogP contribution in [0.2, 0.25) is 0 Å². The summed E-state index contributed by atoms with van der Waals surface area (Å²) in [6.45, 7) is 10.0. The van der Waals surface area contributed by atoms with Crippen molar-refractivity contribution < 1.29 is 9.50 Å². The van der Waals surface area contributed by atoms with Gasteiger partial charge in [0.2, 0.25) is 0 Å². The summed E-state index contributed by atoms with van der Waals surface area (Å²) in [6.07, 6.45) is 2.84. The maximum absolute atomic E-state index is 14.6. The Labute approximate surface area is 199 Å². The molecule has 1 aliphatic carbocycles. The first-order valence-corrected chi connectivity index (χ1v) is 11.1. The second-order valence-electron chi connectivity index (χ2n) is 8.30. The molecule has 8 nitrogen and oxygen atoms in total. The summed E-state index contributed by atoms with van der Waals surface area (Å²) in [5.41, 5.74) is 6.29. The van der Waals surface area contributed by atoms with Crippen LogP contribution >= 0.6 is 0 Å². The van der Waals surface area contributed by atoms with E-state index in [1.54, 1.807) is 45.0 Å². The molecule has 1 aromatic carbocycles. The molecule has 184 valence electrons. The molecule has 0 saturated heterocycles. The second kappa shape index (κ2) is 11.6. The highest BCUT2D eigenvalue weighted by Gasteiger charge is 2.32. The van der Waals surface area contributed by atoms with Crippen molar-refractivity contribution in [2.75, 3.05) is 20.6 Å². The molecule has 0 radical (unpaired) electrons. The molecule has 0 unspecified atom stereocenters. The molecule has 0 aliphatic heterocycles. The van der Waals surface area contributed by atoms with Gasteiger partial charge in [0.05, 0.1) is 12.0 Å². The molecular formula is C25H34FN5O3. The van der Waals surface area contributed by atoms with Gasteiger partial charge in [0, 0.05) is 32.3 Å². The number of aliphatic hydroxyl groups excluding tert-OH is 1. The van der Waals surface area contributed by atoms with Crippen molar-refractivity contribution in [3.63, 3.8) is 0 Å². The van der Waals surface area contributed by atoms with Crippen LogP contribution in [0.4, 0.5) is 10.1 Å². The van der Waals surface area contributed by atoms with Gasteiger partial charge in [-0.05, 0) is 57.4 Å². The van der Waals surface area contributed by atoms with Crippen molar-refractivity contribution >= 4 is 17.1 Å². The fourth-order valence-electron chi connectivity index (χ4n) is 3.65. The smallest absolute Gasteiger partial charge is 0.331 e. The SMILES string of the molecule is C/C(=C\O)c1c(C(=Nc2ccc(C)cc2F)N(C)C)c(=O)n(C2CC2)c(=O)n1CCCN.C=C. The van der Waals surface area contributed by atoms with E-state index in [2.05, 4.69) is 18.2 Å². The second-order valence-corrected chi connectivity index (χ2v) is 8.30. The average molecular weight is 472 g/mol. The summed E-state index contributed by atoms with van der Waals surface area (Å²) in [7, 11) is 3.39. The Bertz CT molecular complexity index is 1210. The van der Waals surface area contributed by atoms with Crippen LogP contribution in [0.25, 0.3) is 5.57 Å². The summed E-state index contributed by atoms with van der Waals surface area (Å²) >= 11 is 0. The molecule has 34 heavy (non-hydrogen) atoms. The van der Waals surface area contributed by atoms with E-state index in [0.717, 1.165) is 24.7 Å². The predicted octanol–water partition coefficient (Wildman–Crippen LogP) is 3.50. The lowest BCUT2D eigenvalue weighted by Gasteiger charge is -2.23. The zero-order chi connectivity index (χ0) is 25.6. The van der Waals surface area contributed by atoms with Crippen LogP contribution in [0, 0.1) is 12.7 Å². The van der Waals surface area contributed by atoms with Gasteiger partial charge >= 0.3 is 5.69 Å². The number of benzene rings is 1. The molecule has 9 heteroatoms. The summed E-state index contributed by atoms with van der Waals surface area (Å²) in [4.78, 5) is 33.0. The number of rotatable bonds is 7. The minimum absolute atomic E-state index is 0.0768. The number of aliphatic hydroxyl groups is 1. The highest BCUT2D eigenvalue weighted by Crippen LogP contribution is 2.33. The molecule has 1 aliphatic rings. The monoisotopic (exact) mass is 471 g/mol. The Morgan fingerprint density at radius 1 is 1.32 bits per heavy atom. The van der Waals surface area contributed by atoms with Crippen LogP contribution in [-0.2, 0) is 6.54 Å². The molecule has 0 amide bonds. The number of aromatic nitrogens is 2. The van der Waals surface area contributed by atoms with Crippen LogP contribution in [-0.4, -0.2) is 45.6 Å². The molecule has 2 aromatic rings. The highest BCUT2D eigenvalue weighted by molar-refractivity contribution is 6.03. The van der Waals surface area contributed by atoms with Crippen molar-refractivity contribution in [3.05, 3.63) is 81.1 Å². The van der Waals surface area contributed by atoms with E-state index in [-0.39, 0.29) is 35.4 Å². The van der Waals surface area contributed by atoms with E-state index < -0.39 is 17.1 Å². The van der Waals surface area contributed by atoms with Crippen LogP contribution in [0.3, 0.4) is 0 Å². The number of aliphatic imine (C=N–C) groups is 1. The largest absolute Gasteiger partial charge is 0.515 e. The van der Waals surface area contributed by atoms with Crippen molar-refractivity contribution in [1.82, 2.24) is 14.0 Å². The van der Waals surface area contributed by atoms with Crippen LogP contribution < -0.4 is 17.0 Å². The van der Waals surface area contributed by atoms with Crippen LogP contribution in [0.15, 0.2) is 52.2 Å². The van der Waals surface area contributed by atoms with Gasteiger partial charge in [-0.15, -0.1) is 13.2 Å². The van der Waals surface area contributed by atoms with Crippen molar-refractivity contribution in [3.8, 4) is 0 Å². The Balaban J connectivity index is 0.00000199.